The third-order valence-corrected chi connectivity index (χ3v) is 3.75. The van der Waals surface area contributed by atoms with Crippen LogP contribution in [0.4, 0.5) is 0 Å². The molecule has 6 heteroatoms. The molecule has 0 radical (unpaired) electrons. The lowest BCUT2D eigenvalue weighted by atomic mass is 9.94. The Morgan fingerprint density at radius 2 is 2.35 bits per heavy atom. The molecular formula is C11H17NO4S. The lowest BCUT2D eigenvalue weighted by molar-refractivity contribution is -0.142. The number of carbonyl (C=O) groups is 1. The van der Waals surface area contributed by atoms with Gasteiger partial charge in [0.1, 0.15) is 0 Å². The fourth-order valence-corrected chi connectivity index (χ4v) is 2.70. The maximum atomic E-state index is 11.8. The summed E-state index contributed by atoms with van der Waals surface area (Å²) in [5.41, 5.74) is 0.563. The molecule has 1 saturated heterocycles. The minimum absolute atomic E-state index is 0.0347. The molecule has 1 unspecified atom stereocenters. The maximum Gasteiger partial charge on any atom is 0.335 e. The van der Waals surface area contributed by atoms with E-state index in [1.165, 1.54) is 11.9 Å². The molecule has 1 spiro atoms. The first-order valence-corrected chi connectivity index (χ1v) is 6.68. The third kappa shape index (κ3) is 2.65. The molecular weight excluding hydrogens is 242 g/mol. The largest absolute Gasteiger partial charge is 0.463 e. The van der Waals surface area contributed by atoms with Gasteiger partial charge in [0, 0.05) is 6.42 Å². The molecule has 2 N–H and O–H groups in total. The molecule has 0 aromatic carbocycles. The summed E-state index contributed by atoms with van der Waals surface area (Å²) in [6, 6.07) is 0. The van der Waals surface area contributed by atoms with Crippen LogP contribution < -0.4 is 5.14 Å². The zero-order valence-electron chi connectivity index (χ0n) is 9.81. The van der Waals surface area contributed by atoms with E-state index in [-0.39, 0.29) is 11.2 Å². The second-order valence-corrected chi connectivity index (χ2v) is 4.83. The van der Waals surface area contributed by atoms with Gasteiger partial charge in [0.05, 0.1) is 30.6 Å². The summed E-state index contributed by atoms with van der Waals surface area (Å²) >= 11 is 1.17. The third-order valence-electron chi connectivity index (χ3n) is 2.93. The topological polar surface area (TPSA) is 70.8 Å². The lowest BCUT2D eigenvalue weighted by Gasteiger charge is -2.32. The van der Waals surface area contributed by atoms with Crippen LogP contribution >= 0.6 is 11.9 Å². The van der Waals surface area contributed by atoms with E-state index >= 15 is 0 Å². The summed E-state index contributed by atoms with van der Waals surface area (Å²) in [5.74, 6) is -1.05. The van der Waals surface area contributed by atoms with Crippen molar-refractivity contribution >= 4 is 17.9 Å². The van der Waals surface area contributed by atoms with Gasteiger partial charge in [-0.1, -0.05) is 11.9 Å². The van der Waals surface area contributed by atoms with Gasteiger partial charge in [0.2, 0.25) is 0 Å². The van der Waals surface area contributed by atoms with Crippen LogP contribution in [0.2, 0.25) is 0 Å². The number of carbonyl (C=O) groups excluding carboxylic acids is 1. The maximum absolute atomic E-state index is 11.8. The van der Waals surface area contributed by atoms with Crippen LogP contribution in [0.15, 0.2) is 11.6 Å². The highest BCUT2D eigenvalue weighted by molar-refractivity contribution is 7.97. The molecule has 1 aliphatic heterocycles. The van der Waals surface area contributed by atoms with Crippen LogP contribution in [0.3, 0.4) is 0 Å². The molecule has 0 amide bonds. The van der Waals surface area contributed by atoms with Crippen LogP contribution in [-0.4, -0.2) is 36.8 Å². The van der Waals surface area contributed by atoms with Crippen molar-refractivity contribution in [1.82, 2.24) is 0 Å². The molecule has 0 bridgehead atoms. The molecule has 1 aliphatic carbocycles. The second-order valence-electron chi connectivity index (χ2n) is 3.99. The number of esters is 1. The number of hydrogen-bond donors (Lipinski definition) is 1. The van der Waals surface area contributed by atoms with E-state index < -0.39 is 5.79 Å². The van der Waals surface area contributed by atoms with Crippen molar-refractivity contribution in [2.45, 2.75) is 30.8 Å². The molecule has 1 atom stereocenters. The molecule has 2 rings (SSSR count). The summed E-state index contributed by atoms with van der Waals surface area (Å²) in [6.07, 6.45) is 3.22. The fourth-order valence-electron chi connectivity index (χ4n) is 2.13. The molecule has 0 aromatic heterocycles. The van der Waals surface area contributed by atoms with Crippen molar-refractivity contribution in [2.24, 2.45) is 5.14 Å². The fraction of sp³-hybridized carbons (Fsp3) is 0.727. The number of hydrogen-bond acceptors (Lipinski definition) is 6. The van der Waals surface area contributed by atoms with E-state index in [0.717, 1.165) is 12.8 Å². The first-order valence-electron chi connectivity index (χ1n) is 5.74. The van der Waals surface area contributed by atoms with Crippen LogP contribution in [0.25, 0.3) is 0 Å². The molecule has 0 saturated carbocycles. The Kier molecular flexibility index (Phi) is 4.09. The monoisotopic (exact) mass is 259 g/mol. The first-order chi connectivity index (χ1) is 8.21. The molecule has 2 aliphatic rings. The van der Waals surface area contributed by atoms with Crippen LogP contribution in [0, 0.1) is 0 Å². The highest BCUT2D eigenvalue weighted by atomic mass is 32.2. The van der Waals surface area contributed by atoms with E-state index in [1.807, 2.05) is 0 Å². The predicted molar refractivity (Wildman–Crippen MR) is 64.2 cm³/mol. The van der Waals surface area contributed by atoms with Crippen molar-refractivity contribution in [1.29, 1.82) is 0 Å². The van der Waals surface area contributed by atoms with Crippen molar-refractivity contribution in [2.75, 3.05) is 19.8 Å². The summed E-state index contributed by atoms with van der Waals surface area (Å²) in [4.78, 5) is 11.8. The highest BCUT2D eigenvalue weighted by Crippen LogP contribution is 2.37. The molecule has 5 nitrogen and oxygen atoms in total. The van der Waals surface area contributed by atoms with Crippen molar-refractivity contribution < 1.29 is 19.0 Å². The predicted octanol–water partition coefficient (Wildman–Crippen LogP) is 0.988. The van der Waals surface area contributed by atoms with E-state index in [4.69, 9.17) is 19.3 Å². The van der Waals surface area contributed by atoms with Crippen molar-refractivity contribution in [3.8, 4) is 0 Å². The van der Waals surface area contributed by atoms with Crippen LogP contribution in [0.1, 0.15) is 19.8 Å². The lowest BCUT2D eigenvalue weighted by Crippen LogP contribution is -2.36. The SMILES string of the molecule is CCOC(=O)C1=CC2(CCC1SN)OCCO2. The summed E-state index contributed by atoms with van der Waals surface area (Å²) < 4.78 is 16.2. The Morgan fingerprint density at radius 3 is 2.94 bits per heavy atom. The summed E-state index contributed by atoms with van der Waals surface area (Å²) in [5, 5.41) is 5.57. The van der Waals surface area contributed by atoms with Crippen molar-refractivity contribution in [3.63, 3.8) is 0 Å². The minimum Gasteiger partial charge on any atom is -0.463 e. The Labute approximate surface area is 105 Å². The molecule has 0 aromatic rings. The quantitative estimate of drug-likeness (QED) is 0.602. The zero-order chi connectivity index (χ0) is 12.3. The second kappa shape index (κ2) is 5.39. The molecule has 1 heterocycles. The van der Waals surface area contributed by atoms with Crippen LogP contribution in [-0.2, 0) is 19.0 Å². The summed E-state index contributed by atoms with van der Waals surface area (Å²) in [6.45, 7) is 3.26. The van der Waals surface area contributed by atoms with Gasteiger partial charge in [0.15, 0.2) is 5.79 Å². The van der Waals surface area contributed by atoms with Crippen LogP contribution in [0.5, 0.6) is 0 Å². The van der Waals surface area contributed by atoms with Crippen molar-refractivity contribution in [3.05, 3.63) is 11.6 Å². The van der Waals surface area contributed by atoms with E-state index in [0.29, 0.717) is 25.4 Å². The van der Waals surface area contributed by atoms with Gasteiger partial charge in [-0.2, -0.15) is 0 Å². The minimum atomic E-state index is -0.728. The average Bonchev–Trinajstić information content (AvgIpc) is 2.78. The van der Waals surface area contributed by atoms with Gasteiger partial charge in [0.25, 0.3) is 0 Å². The first kappa shape index (κ1) is 12.9. The van der Waals surface area contributed by atoms with E-state index in [9.17, 15) is 4.79 Å². The Morgan fingerprint density at radius 1 is 1.65 bits per heavy atom. The van der Waals surface area contributed by atoms with Gasteiger partial charge < -0.3 is 14.2 Å². The number of nitrogens with two attached hydrogens (primary N) is 1. The van der Waals surface area contributed by atoms with Gasteiger partial charge in [-0.05, 0) is 19.4 Å². The number of rotatable bonds is 3. The molecule has 1 fully saturated rings. The standard InChI is InChI=1S/C11H17NO4S/c1-2-14-10(13)8-7-11(15-5-6-16-11)4-3-9(8)17-12/h7,9H,2-6,12H2,1H3. The molecule has 96 valence electrons. The normalized spacial score (nSPS) is 26.9. The van der Waals surface area contributed by atoms with Gasteiger partial charge in [-0.15, -0.1) is 0 Å². The Bertz CT molecular complexity index is 325. The van der Waals surface area contributed by atoms with E-state index in [1.54, 1.807) is 13.0 Å². The Balaban J connectivity index is 2.21. The molecule has 17 heavy (non-hydrogen) atoms. The van der Waals surface area contributed by atoms with E-state index in [2.05, 4.69) is 0 Å². The van der Waals surface area contributed by atoms with Gasteiger partial charge in [-0.25, -0.2) is 4.79 Å². The Hall–Kier alpha value is -0.560. The van der Waals surface area contributed by atoms with Gasteiger partial charge in [-0.3, -0.25) is 5.14 Å². The summed E-state index contributed by atoms with van der Waals surface area (Å²) in [7, 11) is 0. The zero-order valence-corrected chi connectivity index (χ0v) is 10.6. The highest BCUT2D eigenvalue weighted by Gasteiger charge is 2.41. The van der Waals surface area contributed by atoms with Gasteiger partial charge >= 0.3 is 5.97 Å². The number of ether oxygens (including phenoxy) is 3. The smallest absolute Gasteiger partial charge is 0.335 e. The average molecular weight is 259 g/mol.